The zero-order valence-corrected chi connectivity index (χ0v) is 22.6. The molecule has 13 heteroatoms. The van der Waals surface area contributed by atoms with Gasteiger partial charge < -0.3 is 9.47 Å². The number of hydrogen-bond acceptors (Lipinski definition) is 7. The molecule has 192 valence electrons. The first-order chi connectivity index (χ1) is 17.1. The molecule has 1 atom stereocenters. The first-order valence-electron chi connectivity index (χ1n) is 11.1. The highest BCUT2D eigenvalue weighted by molar-refractivity contribution is 9.10. The maximum atomic E-state index is 13.7. The number of sulfonamides is 1. The van der Waals surface area contributed by atoms with Crippen LogP contribution in [-0.2, 0) is 32.5 Å². The maximum absolute atomic E-state index is 13.7. The predicted octanol–water partition coefficient (Wildman–Crippen LogP) is 4.89. The van der Waals surface area contributed by atoms with E-state index in [1.165, 1.54) is 35.7 Å². The van der Waals surface area contributed by atoms with E-state index >= 15 is 0 Å². The fraction of sp³-hybridized carbons (Fsp3) is 0.348. The quantitative estimate of drug-likeness (QED) is 0.339. The lowest BCUT2D eigenvalue weighted by molar-refractivity contribution is -0.144. The minimum absolute atomic E-state index is 0.0256. The number of benzene rings is 1. The van der Waals surface area contributed by atoms with Gasteiger partial charge in [0.05, 0.1) is 34.5 Å². The lowest BCUT2D eigenvalue weighted by Gasteiger charge is -2.30. The molecule has 1 aromatic carbocycles. The number of aromatic nitrogens is 3. The number of rotatable bonds is 8. The Bertz CT molecular complexity index is 1400. The lowest BCUT2D eigenvalue weighted by Crippen LogP contribution is -2.33. The molecule has 0 aliphatic heterocycles. The number of esters is 1. The molecule has 1 aliphatic rings. The molecule has 36 heavy (non-hydrogen) atoms. The second kappa shape index (κ2) is 10.8. The summed E-state index contributed by atoms with van der Waals surface area (Å²) in [6, 6.07) is 4.86. The van der Waals surface area contributed by atoms with Gasteiger partial charge in [0, 0.05) is 24.4 Å². The molecule has 0 spiro atoms. The number of ether oxygens (including phenoxy) is 2. The van der Waals surface area contributed by atoms with E-state index in [2.05, 4.69) is 26.0 Å². The van der Waals surface area contributed by atoms with E-state index < -0.39 is 27.9 Å². The molecule has 0 N–H and O–H groups in total. The van der Waals surface area contributed by atoms with Gasteiger partial charge in [-0.2, -0.15) is 9.40 Å². The van der Waals surface area contributed by atoms with E-state index in [-0.39, 0.29) is 39.2 Å². The van der Waals surface area contributed by atoms with Crippen LogP contribution in [0.2, 0.25) is 5.02 Å². The number of halogens is 3. The van der Waals surface area contributed by atoms with Crippen LogP contribution >= 0.6 is 27.5 Å². The van der Waals surface area contributed by atoms with Crippen LogP contribution in [0, 0.1) is 5.82 Å². The van der Waals surface area contributed by atoms with Gasteiger partial charge in [0.1, 0.15) is 23.0 Å². The van der Waals surface area contributed by atoms with Gasteiger partial charge in [-0.05, 0) is 60.3 Å². The Labute approximate surface area is 221 Å². The largest absolute Gasteiger partial charge is 0.465 e. The van der Waals surface area contributed by atoms with Crippen molar-refractivity contribution in [3.63, 3.8) is 0 Å². The number of fused-ring (bicyclic) bond motifs is 1. The maximum Gasteiger partial charge on any atom is 0.327 e. The molecular weight excluding hydrogens is 579 g/mol. The van der Waals surface area contributed by atoms with Gasteiger partial charge in [-0.1, -0.05) is 11.6 Å². The van der Waals surface area contributed by atoms with Crippen LogP contribution in [0.4, 0.5) is 4.39 Å². The summed E-state index contributed by atoms with van der Waals surface area (Å²) in [6.45, 7) is 1.98. The highest BCUT2D eigenvalue weighted by Crippen LogP contribution is 2.37. The molecule has 0 unspecified atom stereocenters. The molecule has 9 nitrogen and oxygen atoms in total. The zero-order chi connectivity index (χ0) is 26.0. The molecule has 2 aromatic heterocycles. The summed E-state index contributed by atoms with van der Waals surface area (Å²) >= 11 is 8.99. The number of hydrogen-bond donors (Lipinski definition) is 0. The number of carbonyl (C=O) groups excluding carboxylic acids is 1. The number of pyridine rings is 1. The normalized spacial score (nSPS) is 15.6. The van der Waals surface area contributed by atoms with Crippen LogP contribution < -0.4 is 4.74 Å². The summed E-state index contributed by atoms with van der Waals surface area (Å²) < 4.78 is 54.4. The topological polar surface area (TPSA) is 104 Å². The van der Waals surface area contributed by atoms with Crippen molar-refractivity contribution in [2.75, 3.05) is 13.7 Å². The minimum Gasteiger partial charge on any atom is -0.465 e. The molecule has 2 heterocycles. The third-order valence-electron chi connectivity index (χ3n) is 5.82. The lowest BCUT2D eigenvalue weighted by atomic mass is 9.93. The Hall–Kier alpha value is -2.54. The van der Waals surface area contributed by atoms with Crippen molar-refractivity contribution in [2.45, 2.75) is 43.7 Å². The molecule has 0 radical (unpaired) electrons. The van der Waals surface area contributed by atoms with Gasteiger partial charge >= 0.3 is 5.97 Å². The fourth-order valence-electron chi connectivity index (χ4n) is 4.05. The summed E-state index contributed by atoms with van der Waals surface area (Å²) in [5.74, 6) is -0.819. The van der Waals surface area contributed by atoms with Crippen LogP contribution in [0.3, 0.4) is 0 Å². The Balaban J connectivity index is 1.56. The third-order valence-corrected chi connectivity index (χ3v) is 8.53. The average Bonchev–Trinajstić information content (AvgIpc) is 3.25. The minimum atomic E-state index is -3.95. The van der Waals surface area contributed by atoms with Crippen LogP contribution in [0.25, 0.3) is 0 Å². The second-order valence-corrected chi connectivity index (χ2v) is 11.3. The molecule has 0 bridgehead atoms. The van der Waals surface area contributed by atoms with Gasteiger partial charge in [-0.15, -0.1) is 0 Å². The zero-order valence-electron chi connectivity index (χ0n) is 19.4. The van der Waals surface area contributed by atoms with Crippen molar-refractivity contribution in [1.82, 2.24) is 19.1 Å². The van der Waals surface area contributed by atoms with Crippen molar-refractivity contribution in [3.8, 4) is 11.6 Å². The summed E-state index contributed by atoms with van der Waals surface area (Å²) in [5, 5.41) is 4.26. The van der Waals surface area contributed by atoms with Crippen LogP contribution in [0.5, 0.6) is 11.6 Å². The van der Waals surface area contributed by atoms with E-state index in [0.717, 1.165) is 23.7 Å². The highest BCUT2D eigenvalue weighted by Gasteiger charge is 2.35. The Kier molecular flexibility index (Phi) is 7.98. The molecule has 0 amide bonds. The van der Waals surface area contributed by atoms with Gasteiger partial charge in [-0.3, -0.25) is 9.48 Å². The van der Waals surface area contributed by atoms with Gasteiger partial charge in [0.2, 0.25) is 15.9 Å². The van der Waals surface area contributed by atoms with E-state index in [0.29, 0.717) is 12.8 Å². The van der Waals surface area contributed by atoms with E-state index in [1.54, 1.807) is 17.8 Å². The van der Waals surface area contributed by atoms with Crippen molar-refractivity contribution in [1.29, 1.82) is 0 Å². The summed E-state index contributed by atoms with van der Waals surface area (Å²) in [7, 11) is -2.44. The molecule has 0 saturated heterocycles. The number of carbonyl (C=O) groups is 1. The molecule has 3 aromatic rings. The van der Waals surface area contributed by atoms with Gasteiger partial charge in [0.15, 0.2) is 0 Å². The Morgan fingerprint density at radius 2 is 2.11 bits per heavy atom. The predicted molar refractivity (Wildman–Crippen MR) is 133 cm³/mol. The first kappa shape index (κ1) is 26.5. The van der Waals surface area contributed by atoms with Crippen molar-refractivity contribution in [2.24, 2.45) is 0 Å². The average molecular weight is 602 g/mol. The highest BCUT2D eigenvalue weighted by atomic mass is 79.9. The Morgan fingerprint density at radius 3 is 2.81 bits per heavy atom. The fourth-order valence-corrected chi connectivity index (χ4v) is 6.09. The SMILES string of the molecule is CCOC(=O)Cn1ncc2c1CCC[C@H]2N(C)S(=O)(=O)c1cnc(Oc2ccc(Cl)c(F)c2)c(Br)c1. The standard InChI is InChI=1S/C23H23BrClFN4O5S/c1-3-34-22(31)13-30-21-6-4-5-20(16(21)12-28-30)29(2)36(32,33)15-10-17(24)23(27-11-15)35-14-7-8-18(25)19(26)9-14/h7-12,20H,3-6,13H2,1-2H3/t20-/m1/s1. The molecular formula is C23H23BrClFN4O5S. The summed E-state index contributed by atoms with van der Waals surface area (Å²) in [4.78, 5) is 16.0. The first-order valence-corrected chi connectivity index (χ1v) is 13.7. The third kappa shape index (κ3) is 5.41. The van der Waals surface area contributed by atoms with Crippen molar-refractivity contribution < 1.29 is 27.1 Å². The molecule has 0 saturated carbocycles. The van der Waals surface area contributed by atoms with E-state index in [4.69, 9.17) is 21.1 Å². The summed E-state index contributed by atoms with van der Waals surface area (Å²) in [6.07, 6.45) is 4.82. The van der Waals surface area contributed by atoms with Gasteiger partial charge in [0.25, 0.3) is 0 Å². The van der Waals surface area contributed by atoms with Crippen LogP contribution in [0.1, 0.15) is 37.1 Å². The molecule has 1 aliphatic carbocycles. The van der Waals surface area contributed by atoms with Crippen molar-refractivity contribution >= 4 is 43.5 Å². The Morgan fingerprint density at radius 1 is 1.33 bits per heavy atom. The van der Waals surface area contributed by atoms with Gasteiger partial charge in [-0.25, -0.2) is 17.8 Å². The van der Waals surface area contributed by atoms with Crippen LogP contribution in [0.15, 0.2) is 46.0 Å². The molecule has 0 fully saturated rings. The monoisotopic (exact) mass is 600 g/mol. The molecule has 4 rings (SSSR count). The van der Waals surface area contributed by atoms with E-state index in [1.807, 2.05) is 0 Å². The number of nitrogens with zero attached hydrogens (tertiary/aromatic N) is 4. The second-order valence-electron chi connectivity index (χ2n) is 8.07. The van der Waals surface area contributed by atoms with Crippen LogP contribution in [-0.4, -0.2) is 47.1 Å². The summed E-state index contributed by atoms with van der Waals surface area (Å²) in [5.41, 5.74) is 1.58. The smallest absolute Gasteiger partial charge is 0.327 e. The van der Waals surface area contributed by atoms with Crippen molar-refractivity contribution in [3.05, 3.63) is 63.2 Å². The van der Waals surface area contributed by atoms with E-state index in [9.17, 15) is 17.6 Å².